The zero-order valence-electron chi connectivity index (χ0n) is 11.4. The molecule has 2 heterocycles. The highest BCUT2D eigenvalue weighted by Gasteiger charge is 2.18. The van der Waals surface area contributed by atoms with Gasteiger partial charge in [-0.1, -0.05) is 19.9 Å². The molecule has 1 unspecified atom stereocenters. The van der Waals surface area contributed by atoms with Gasteiger partial charge in [-0.2, -0.15) is 0 Å². The molecule has 5 nitrogen and oxygen atoms in total. The first kappa shape index (κ1) is 13.5. The summed E-state index contributed by atoms with van der Waals surface area (Å²) in [6.45, 7) is 5.79. The minimum absolute atomic E-state index is 0.0736. The van der Waals surface area contributed by atoms with E-state index in [-0.39, 0.29) is 24.5 Å². The quantitative estimate of drug-likeness (QED) is 0.874. The highest BCUT2D eigenvalue weighted by Crippen LogP contribution is 2.09. The van der Waals surface area contributed by atoms with E-state index >= 15 is 0 Å². The van der Waals surface area contributed by atoms with Crippen LogP contribution in [-0.2, 0) is 0 Å². The third-order valence-corrected chi connectivity index (χ3v) is 3.25. The van der Waals surface area contributed by atoms with Crippen molar-refractivity contribution >= 4 is 11.6 Å². The summed E-state index contributed by atoms with van der Waals surface area (Å²) in [4.78, 5) is 16.4. The molecule has 0 aliphatic carbocycles. The molecule has 1 atom stereocenters. The van der Waals surface area contributed by atoms with Crippen LogP contribution >= 0.6 is 0 Å². The van der Waals surface area contributed by atoms with Crippen molar-refractivity contribution in [3.63, 3.8) is 0 Å². The number of fused-ring (bicyclic) bond motifs is 1. The lowest BCUT2D eigenvalue weighted by atomic mass is 10.1. The van der Waals surface area contributed by atoms with E-state index in [1.165, 1.54) is 0 Å². The second-order valence-corrected chi connectivity index (χ2v) is 5.03. The first-order valence-electron chi connectivity index (χ1n) is 6.39. The van der Waals surface area contributed by atoms with Gasteiger partial charge >= 0.3 is 0 Å². The molecule has 0 bridgehead atoms. The van der Waals surface area contributed by atoms with Crippen molar-refractivity contribution in [2.24, 2.45) is 5.92 Å². The van der Waals surface area contributed by atoms with Crippen LogP contribution in [0.5, 0.6) is 0 Å². The normalized spacial score (nSPS) is 12.9. The molecule has 0 saturated heterocycles. The number of aromatic nitrogens is 2. The van der Waals surface area contributed by atoms with Crippen LogP contribution in [0.2, 0.25) is 0 Å². The number of nitrogens with zero attached hydrogens (tertiary/aromatic N) is 2. The smallest absolute Gasteiger partial charge is 0.271 e. The van der Waals surface area contributed by atoms with Gasteiger partial charge in [0.1, 0.15) is 11.3 Å². The van der Waals surface area contributed by atoms with Gasteiger partial charge in [-0.3, -0.25) is 4.79 Å². The minimum Gasteiger partial charge on any atom is -0.394 e. The summed E-state index contributed by atoms with van der Waals surface area (Å²) in [5.41, 5.74) is 2.13. The van der Waals surface area contributed by atoms with Crippen LogP contribution in [0.25, 0.3) is 5.65 Å². The number of pyridine rings is 1. The van der Waals surface area contributed by atoms with Crippen molar-refractivity contribution in [3.05, 3.63) is 35.8 Å². The molecular formula is C14H19N3O2. The number of imidazole rings is 1. The predicted molar refractivity (Wildman–Crippen MR) is 73.1 cm³/mol. The molecule has 2 aromatic heterocycles. The van der Waals surface area contributed by atoms with Crippen LogP contribution in [0.3, 0.4) is 0 Å². The van der Waals surface area contributed by atoms with Crippen LogP contribution < -0.4 is 5.32 Å². The summed E-state index contributed by atoms with van der Waals surface area (Å²) in [7, 11) is 0. The first-order valence-corrected chi connectivity index (χ1v) is 6.39. The Labute approximate surface area is 112 Å². The zero-order chi connectivity index (χ0) is 14.0. The molecule has 5 heteroatoms. The SMILES string of the molecule is Cc1cccc2nc(C(=O)NC(CO)C(C)C)cn12. The number of carbonyl (C=O) groups is 1. The van der Waals surface area contributed by atoms with Gasteiger partial charge in [0.25, 0.3) is 5.91 Å². The molecular weight excluding hydrogens is 242 g/mol. The molecule has 2 aromatic rings. The van der Waals surface area contributed by atoms with E-state index in [2.05, 4.69) is 10.3 Å². The molecule has 0 radical (unpaired) electrons. The average Bonchev–Trinajstić information content (AvgIpc) is 2.80. The van der Waals surface area contributed by atoms with Crippen LogP contribution in [0.4, 0.5) is 0 Å². The number of aliphatic hydroxyl groups excluding tert-OH is 1. The van der Waals surface area contributed by atoms with E-state index in [9.17, 15) is 9.90 Å². The predicted octanol–water partition coefficient (Wildman–Crippen LogP) is 1.39. The van der Waals surface area contributed by atoms with Crippen LogP contribution in [0, 0.1) is 12.8 Å². The van der Waals surface area contributed by atoms with Crippen LogP contribution in [-0.4, -0.2) is 33.0 Å². The van der Waals surface area contributed by atoms with E-state index in [0.29, 0.717) is 5.69 Å². The Morgan fingerprint density at radius 3 is 2.79 bits per heavy atom. The van der Waals surface area contributed by atoms with Gasteiger partial charge < -0.3 is 14.8 Å². The van der Waals surface area contributed by atoms with Crippen molar-refractivity contribution in [2.45, 2.75) is 26.8 Å². The highest BCUT2D eigenvalue weighted by molar-refractivity contribution is 5.93. The van der Waals surface area contributed by atoms with E-state index in [0.717, 1.165) is 11.3 Å². The summed E-state index contributed by atoms with van der Waals surface area (Å²) < 4.78 is 1.87. The second kappa shape index (κ2) is 5.40. The van der Waals surface area contributed by atoms with Gasteiger partial charge in [0, 0.05) is 11.9 Å². The number of rotatable bonds is 4. The van der Waals surface area contributed by atoms with E-state index in [1.807, 2.05) is 43.4 Å². The maximum Gasteiger partial charge on any atom is 0.271 e. The average molecular weight is 261 g/mol. The van der Waals surface area contributed by atoms with Crippen molar-refractivity contribution in [1.82, 2.24) is 14.7 Å². The first-order chi connectivity index (χ1) is 9.02. The largest absolute Gasteiger partial charge is 0.394 e. The van der Waals surface area contributed by atoms with Crippen molar-refractivity contribution < 1.29 is 9.90 Å². The summed E-state index contributed by atoms with van der Waals surface area (Å²) >= 11 is 0. The lowest BCUT2D eigenvalue weighted by Gasteiger charge is -2.18. The molecule has 1 amide bonds. The Hall–Kier alpha value is -1.88. The maximum atomic E-state index is 12.1. The molecule has 0 aliphatic heterocycles. The highest BCUT2D eigenvalue weighted by atomic mass is 16.3. The molecule has 2 N–H and O–H groups in total. The van der Waals surface area contributed by atoms with Crippen molar-refractivity contribution in [1.29, 1.82) is 0 Å². The van der Waals surface area contributed by atoms with Crippen LogP contribution in [0.1, 0.15) is 30.0 Å². The lowest BCUT2D eigenvalue weighted by molar-refractivity contribution is 0.0892. The van der Waals surface area contributed by atoms with Gasteiger partial charge in [-0.15, -0.1) is 0 Å². The molecule has 19 heavy (non-hydrogen) atoms. The van der Waals surface area contributed by atoms with Gasteiger partial charge in [0.05, 0.1) is 12.6 Å². The second-order valence-electron chi connectivity index (χ2n) is 5.03. The number of hydrogen-bond acceptors (Lipinski definition) is 3. The van der Waals surface area contributed by atoms with E-state index in [1.54, 1.807) is 6.20 Å². The third-order valence-electron chi connectivity index (χ3n) is 3.25. The number of carbonyl (C=O) groups excluding carboxylic acids is 1. The molecule has 0 fully saturated rings. The molecule has 0 aromatic carbocycles. The van der Waals surface area contributed by atoms with Gasteiger partial charge in [-0.05, 0) is 25.0 Å². The Morgan fingerprint density at radius 2 is 2.21 bits per heavy atom. The standard InChI is InChI=1S/C14H19N3O2/c1-9(2)12(8-18)16-14(19)11-7-17-10(3)5-4-6-13(17)15-11/h4-7,9,12,18H,8H2,1-3H3,(H,16,19). The fourth-order valence-electron chi connectivity index (χ4n) is 1.92. The Morgan fingerprint density at radius 1 is 1.47 bits per heavy atom. The molecule has 102 valence electrons. The molecule has 2 rings (SSSR count). The van der Waals surface area contributed by atoms with Crippen molar-refractivity contribution in [2.75, 3.05) is 6.61 Å². The van der Waals surface area contributed by atoms with Gasteiger partial charge in [-0.25, -0.2) is 4.98 Å². The van der Waals surface area contributed by atoms with Gasteiger partial charge in [0.15, 0.2) is 0 Å². The summed E-state index contributed by atoms with van der Waals surface area (Å²) in [5, 5.41) is 12.0. The maximum absolute atomic E-state index is 12.1. The third kappa shape index (κ3) is 2.76. The number of amides is 1. The molecule has 0 saturated carbocycles. The summed E-state index contributed by atoms with van der Waals surface area (Å²) in [6.07, 6.45) is 1.72. The topological polar surface area (TPSA) is 66.6 Å². The number of aliphatic hydroxyl groups is 1. The number of aryl methyl sites for hydroxylation is 1. The monoisotopic (exact) mass is 261 g/mol. The Balaban J connectivity index is 2.24. The Kier molecular flexibility index (Phi) is 3.85. The fourth-order valence-corrected chi connectivity index (χ4v) is 1.92. The lowest BCUT2D eigenvalue weighted by Crippen LogP contribution is -2.41. The molecule has 0 aliphatic rings. The minimum atomic E-state index is -0.254. The fraction of sp³-hybridized carbons (Fsp3) is 0.429. The number of nitrogens with one attached hydrogen (secondary N) is 1. The summed E-state index contributed by atoms with van der Waals surface area (Å²) in [6, 6.07) is 5.47. The van der Waals surface area contributed by atoms with Crippen molar-refractivity contribution in [3.8, 4) is 0 Å². The Bertz CT molecular complexity index is 589. The zero-order valence-corrected chi connectivity index (χ0v) is 11.4. The molecule has 0 spiro atoms. The summed E-state index contributed by atoms with van der Waals surface area (Å²) in [5.74, 6) is -0.0800. The van der Waals surface area contributed by atoms with Crippen LogP contribution in [0.15, 0.2) is 24.4 Å². The van der Waals surface area contributed by atoms with E-state index in [4.69, 9.17) is 0 Å². The van der Waals surface area contributed by atoms with Gasteiger partial charge in [0.2, 0.25) is 0 Å². The number of hydrogen-bond donors (Lipinski definition) is 2. The van der Waals surface area contributed by atoms with E-state index < -0.39 is 0 Å².